The molecule has 0 saturated carbocycles. The first-order valence-electron chi connectivity index (χ1n) is 7.26. The third kappa shape index (κ3) is 3.23. The minimum Gasteiger partial charge on any atom is -0.372 e. The van der Waals surface area contributed by atoms with E-state index in [2.05, 4.69) is 10.5 Å². The van der Waals surface area contributed by atoms with Crippen molar-refractivity contribution in [3.05, 3.63) is 71.8 Å². The molecular weight excluding hydrogens is 276 g/mol. The molecule has 2 aromatic carbocycles. The van der Waals surface area contributed by atoms with Crippen molar-refractivity contribution >= 4 is 11.6 Å². The molecule has 22 heavy (non-hydrogen) atoms. The van der Waals surface area contributed by atoms with Gasteiger partial charge in [0.15, 0.2) is 5.60 Å². The van der Waals surface area contributed by atoms with Crippen LogP contribution >= 0.6 is 0 Å². The normalized spacial score (nSPS) is 12.0. The summed E-state index contributed by atoms with van der Waals surface area (Å²) in [4.78, 5) is 12.6. The second kappa shape index (κ2) is 7.00. The number of amides is 1. The standard InChI is InChI=1S/C18H20N2O2/c1-3-14(2)19-20-17(21)18(22,15-10-6-4-7-11-15)16-12-8-5-9-13-16/h4-13,22H,3H2,1-2H3,(H,20,21)/b19-14+. The number of carbonyl (C=O) groups is 1. The molecule has 0 spiro atoms. The van der Waals surface area contributed by atoms with E-state index in [9.17, 15) is 9.90 Å². The molecule has 2 rings (SSSR count). The molecule has 0 fully saturated rings. The zero-order chi connectivity index (χ0) is 16.0. The van der Waals surface area contributed by atoms with Crippen molar-refractivity contribution in [1.29, 1.82) is 0 Å². The average molecular weight is 296 g/mol. The number of hydrogen-bond donors (Lipinski definition) is 2. The fourth-order valence-corrected chi connectivity index (χ4v) is 2.09. The first kappa shape index (κ1) is 15.9. The van der Waals surface area contributed by atoms with Gasteiger partial charge in [0.1, 0.15) is 0 Å². The molecule has 0 aliphatic heterocycles. The van der Waals surface area contributed by atoms with E-state index in [1.165, 1.54) is 0 Å². The predicted molar refractivity (Wildman–Crippen MR) is 87.4 cm³/mol. The summed E-state index contributed by atoms with van der Waals surface area (Å²) in [5.41, 5.74) is 2.49. The number of aliphatic hydroxyl groups is 1. The summed E-state index contributed by atoms with van der Waals surface area (Å²) < 4.78 is 0. The van der Waals surface area contributed by atoms with Gasteiger partial charge in [-0.25, -0.2) is 5.43 Å². The maximum Gasteiger partial charge on any atom is 0.281 e. The van der Waals surface area contributed by atoms with Gasteiger partial charge in [-0.15, -0.1) is 0 Å². The Morgan fingerprint density at radius 2 is 1.50 bits per heavy atom. The molecule has 0 unspecified atom stereocenters. The summed E-state index contributed by atoms with van der Waals surface area (Å²) in [6.45, 7) is 3.77. The molecule has 0 saturated heterocycles. The summed E-state index contributed by atoms with van der Waals surface area (Å²) in [6.07, 6.45) is 0.732. The van der Waals surface area contributed by atoms with E-state index in [4.69, 9.17) is 0 Å². The summed E-state index contributed by atoms with van der Waals surface area (Å²) >= 11 is 0. The lowest BCUT2D eigenvalue weighted by atomic mass is 9.85. The van der Waals surface area contributed by atoms with Gasteiger partial charge < -0.3 is 5.11 Å². The number of hydrogen-bond acceptors (Lipinski definition) is 3. The van der Waals surface area contributed by atoms with Crippen LogP contribution in [-0.2, 0) is 10.4 Å². The van der Waals surface area contributed by atoms with E-state index in [0.717, 1.165) is 12.1 Å². The number of benzene rings is 2. The predicted octanol–water partition coefficient (Wildman–Crippen LogP) is 2.82. The lowest BCUT2D eigenvalue weighted by molar-refractivity contribution is -0.136. The molecule has 0 bridgehead atoms. The van der Waals surface area contributed by atoms with Crippen LogP contribution in [0.1, 0.15) is 31.4 Å². The van der Waals surface area contributed by atoms with Crippen LogP contribution in [0.25, 0.3) is 0 Å². The fourth-order valence-electron chi connectivity index (χ4n) is 2.09. The molecule has 2 N–H and O–H groups in total. The Balaban J connectivity index is 2.45. The molecule has 0 atom stereocenters. The van der Waals surface area contributed by atoms with Crippen molar-refractivity contribution in [2.24, 2.45) is 5.10 Å². The molecule has 0 aromatic heterocycles. The van der Waals surface area contributed by atoms with Crippen LogP contribution in [0.3, 0.4) is 0 Å². The fraction of sp³-hybridized carbons (Fsp3) is 0.222. The molecule has 2 aromatic rings. The maximum atomic E-state index is 12.6. The van der Waals surface area contributed by atoms with Crippen molar-refractivity contribution in [3.8, 4) is 0 Å². The second-order valence-corrected chi connectivity index (χ2v) is 5.08. The number of nitrogens with zero attached hydrogens (tertiary/aromatic N) is 1. The zero-order valence-electron chi connectivity index (χ0n) is 12.8. The number of carbonyl (C=O) groups excluding carboxylic acids is 1. The van der Waals surface area contributed by atoms with Crippen molar-refractivity contribution in [3.63, 3.8) is 0 Å². The monoisotopic (exact) mass is 296 g/mol. The van der Waals surface area contributed by atoms with Gasteiger partial charge in [-0.05, 0) is 24.5 Å². The SMILES string of the molecule is CC/C(C)=N/NC(=O)C(O)(c1ccccc1)c1ccccc1. The molecular formula is C18H20N2O2. The first-order chi connectivity index (χ1) is 10.6. The van der Waals surface area contributed by atoms with E-state index >= 15 is 0 Å². The van der Waals surface area contributed by atoms with E-state index < -0.39 is 11.5 Å². The topological polar surface area (TPSA) is 61.7 Å². The highest BCUT2D eigenvalue weighted by Crippen LogP contribution is 2.29. The Hall–Kier alpha value is -2.46. The lowest BCUT2D eigenvalue weighted by Crippen LogP contribution is -2.43. The largest absolute Gasteiger partial charge is 0.372 e. The molecule has 1 amide bonds. The van der Waals surface area contributed by atoms with Crippen LogP contribution in [0, 0.1) is 0 Å². The Morgan fingerprint density at radius 3 is 1.91 bits per heavy atom. The maximum absolute atomic E-state index is 12.6. The number of nitrogens with one attached hydrogen (secondary N) is 1. The summed E-state index contributed by atoms with van der Waals surface area (Å²) in [5, 5.41) is 15.1. The smallest absolute Gasteiger partial charge is 0.281 e. The first-order valence-corrected chi connectivity index (χ1v) is 7.26. The van der Waals surface area contributed by atoms with E-state index in [-0.39, 0.29) is 0 Å². The van der Waals surface area contributed by atoms with E-state index in [1.54, 1.807) is 48.5 Å². The van der Waals surface area contributed by atoms with Crippen LogP contribution < -0.4 is 5.43 Å². The minimum atomic E-state index is -1.78. The van der Waals surface area contributed by atoms with Crippen molar-refractivity contribution in [1.82, 2.24) is 5.43 Å². The molecule has 4 heteroatoms. The van der Waals surface area contributed by atoms with Gasteiger partial charge in [0.2, 0.25) is 0 Å². The highest BCUT2D eigenvalue weighted by Gasteiger charge is 2.39. The Labute approximate surface area is 130 Å². The summed E-state index contributed by atoms with van der Waals surface area (Å²) in [6, 6.07) is 17.7. The van der Waals surface area contributed by atoms with Gasteiger partial charge in [-0.3, -0.25) is 4.79 Å². The third-order valence-electron chi connectivity index (χ3n) is 3.57. The van der Waals surface area contributed by atoms with Crippen LogP contribution in [-0.4, -0.2) is 16.7 Å². The van der Waals surface area contributed by atoms with E-state index in [0.29, 0.717) is 11.1 Å². The average Bonchev–Trinajstić information content (AvgIpc) is 2.60. The lowest BCUT2D eigenvalue weighted by Gasteiger charge is -2.27. The highest BCUT2D eigenvalue weighted by molar-refractivity contribution is 5.91. The molecule has 0 heterocycles. The van der Waals surface area contributed by atoms with Gasteiger partial charge >= 0.3 is 0 Å². The summed E-state index contributed by atoms with van der Waals surface area (Å²) in [5.74, 6) is -0.572. The highest BCUT2D eigenvalue weighted by atomic mass is 16.3. The minimum absolute atomic E-state index is 0.503. The quantitative estimate of drug-likeness (QED) is 0.658. The van der Waals surface area contributed by atoms with Gasteiger partial charge in [0, 0.05) is 5.71 Å². The zero-order valence-corrected chi connectivity index (χ0v) is 12.8. The molecule has 0 aliphatic carbocycles. The van der Waals surface area contributed by atoms with Gasteiger partial charge in [-0.1, -0.05) is 67.6 Å². The van der Waals surface area contributed by atoms with Gasteiger partial charge in [-0.2, -0.15) is 5.10 Å². The van der Waals surface area contributed by atoms with Crippen LogP contribution in [0.5, 0.6) is 0 Å². The summed E-state index contributed by atoms with van der Waals surface area (Å²) in [7, 11) is 0. The molecule has 114 valence electrons. The molecule has 0 radical (unpaired) electrons. The Kier molecular flexibility index (Phi) is 5.07. The van der Waals surface area contributed by atoms with Crippen LogP contribution in [0.15, 0.2) is 65.8 Å². The van der Waals surface area contributed by atoms with Gasteiger partial charge in [0.05, 0.1) is 0 Å². The number of rotatable bonds is 5. The second-order valence-electron chi connectivity index (χ2n) is 5.08. The molecule has 0 aliphatic rings. The Morgan fingerprint density at radius 1 is 1.05 bits per heavy atom. The Bertz CT molecular complexity index is 612. The van der Waals surface area contributed by atoms with Crippen molar-refractivity contribution in [2.45, 2.75) is 25.9 Å². The third-order valence-corrected chi connectivity index (χ3v) is 3.57. The van der Waals surface area contributed by atoms with Crippen molar-refractivity contribution < 1.29 is 9.90 Å². The van der Waals surface area contributed by atoms with Crippen LogP contribution in [0.4, 0.5) is 0 Å². The molecule has 4 nitrogen and oxygen atoms in total. The van der Waals surface area contributed by atoms with Crippen LogP contribution in [0.2, 0.25) is 0 Å². The van der Waals surface area contributed by atoms with E-state index in [1.807, 2.05) is 26.0 Å². The van der Waals surface area contributed by atoms with Gasteiger partial charge in [0.25, 0.3) is 5.91 Å². The number of hydrazone groups is 1. The van der Waals surface area contributed by atoms with Crippen molar-refractivity contribution in [2.75, 3.05) is 0 Å².